The van der Waals surface area contributed by atoms with Crippen LogP contribution in [0.15, 0.2) is 24.3 Å². The lowest BCUT2D eigenvalue weighted by Crippen LogP contribution is -2.49. The molecule has 31 heavy (non-hydrogen) atoms. The van der Waals surface area contributed by atoms with Crippen LogP contribution in [0.5, 0.6) is 0 Å². The molecular formula is C24H33N3O4. The van der Waals surface area contributed by atoms with Crippen molar-refractivity contribution in [2.24, 2.45) is 5.92 Å². The van der Waals surface area contributed by atoms with Crippen LogP contribution >= 0.6 is 0 Å². The van der Waals surface area contributed by atoms with Gasteiger partial charge in [-0.25, -0.2) is 4.79 Å². The van der Waals surface area contributed by atoms with Crippen molar-refractivity contribution in [3.63, 3.8) is 0 Å². The summed E-state index contributed by atoms with van der Waals surface area (Å²) in [6.45, 7) is 9.37. The maximum Gasteiger partial charge on any atom is 0.329 e. The Kier molecular flexibility index (Phi) is 7.83. The number of carbonyl (C=O) groups is 3. The third-order valence-corrected chi connectivity index (χ3v) is 5.62. The molecule has 0 heterocycles. The van der Waals surface area contributed by atoms with E-state index in [1.54, 1.807) is 26.0 Å². The molecule has 2 amide bonds. The molecule has 1 aliphatic carbocycles. The van der Waals surface area contributed by atoms with Gasteiger partial charge in [-0.3, -0.25) is 9.59 Å². The molecule has 0 aliphatic heterocycles. The molecule has 0 radical (unpaired) electrons. The molecule has 1 saturated carbocycles. The predicted octanol–water partition coefficient (Wildman–Crippen LogP) is 3.23. The quantitative estimate of drug-likeness (QED) is 0.650. The van der Waals surface area contributed by atoms with Crippen LogP contribution in [-0.2, 0) is 19.7 Å². The van der Waals surface area contributed by atoms with Crippen molar-refractivity contribution in [2.45, 2.75) is 77.3 Å². The second kappa shape index (κ2) is 9.95. The summed E-state index contributed by atoms with van der Waals surface area (Å²) in [5.41, 5.74) is 0.658. The summed E-state index contributed by atoms with van der Waals surface area (Å²) >= 11 is 0. The van der Waals surface area contributed by atoms with Crippen LogP contribution in [-0.4, -0.2) is 36.0 Å². The Bertz CT molecular complexity index is 841. The lowest BCUT2D eigenvalue weighted by molar-refractivity contribution is -0.151. The van der Waals surface area contributed by atoms with E-state index in [-0.39, 0.29) is 17.2 Å². The highest BCUT2D eigenvalue weighted by Crippen LogP contribution is 2.28. The van der Waals surface area contributed by atoms with E-state index < -0.39 is 30.1 Å². The molecule has 1 atom stereocenters. The highest BCUT2D eigenvalue weighted by Gasteiger charge is 2.36. The number of ether oxygens (including phenoxy) is 1. The molecule has 168 valence electrons. The number of hydrogen-bond acceptors (Lipinski definition) is 5. The number of benzene rings is 1. The van der Waals surface area contributed by atoms with Crippen LogP contribution in [0.25, 0.3) is 0 Å². The fourth-order valence-electron chi connectivity index (χ4n) is 3.62. The number of carbonyl (C=O) groups excluding carboxylic acids is 3. The smallest absolute Gasteiger partial charge is 0.329 e. The van der Waals surface area contributed by atoms with Gasteiger partial charge in [-0.15, -0.1) is 0 Å². The molecular weight excluding hydrogens is 394 g/mol. The Labute approximate surface area is 184 Å². The molecule has 1 aromatic carbocycles. The molecule has 1 aromatic rings. The number of amides is 2. The summed E-state index contributed by atoms with van der Waals surface area (Å²) in [7, 11) is 0. The standard InChI is InChI=1S/C24H33N3O4/c1-16(2)20(26-21(29)17-8-10-18(11-9-17)23(3,4)5)22(30)31-14-19(28)27-24(15-25)12-6-7-13-24/h8-11,16,20H,6-7,12-14H2,1-5H3,(H,26,29)(H,27,28)/t20-/m0/s1. The van der Waals surface area contributed by atoms with Crippen LogP contribution < -0.4 is 10.6 Å². The molecule has 2 rings (SSSR count). The van der Waals surface area contributed by atoms with Gasteiger partial charge < -0.3 is 15.4 Å². The SMILES string of the molecule is CC(C)[C@H](NC(=O)c1ccc(C(C)(C)C)cc1)C(=O)OCC(=O)NC1(C#N)CCCC1. The monoisotopic (exact) mass is 427 g/mol. The van der Waals surface area contributed by atoms with Gasteiger partial charge in [0.2, 0.25) is 0 Å². The number of nitrogens with one attached hydrogen (secondary N) is 2. The van der Waals surface area contributed by atoms with Crippen molar-refractivity contribution in [1.82, 2.24) is 10.6 Å². The molecule has 0 bridgehead atoms. The largest absolute Gasteiger partial charge is 0.454 e. The van der Waals surface area contributed by atoms with E-state index in [4.69, 9.17) is 4.74 Å². The zero-order valence-electron chi connectivity index (χ0n) is 19.1. The lowest BCUT2D eigenvalue weighted by Gasteiger charge is -2.23. The molecule has 1 aliphatic rings. The minimum atomic E-state index is -0.890. The Morgan fingerprint density at radius 1 is 1.13 bits per heavy atom. The van der Waals surface area contributed by atoms with Crippen LogP contribution in [0.3, 0.4) is 0 Å². The highest BCUT2D eigenvalue weighted by molar-refractivity contribution is 5.97. The number of esters is 1. The number of nitriles is 1. The van der Waals surface area contributed by atoms with Crippen molar-refractivity contribution in [3.05, 3.63) is 35.4 Å². The second-order valence-electron chi connectivity index (χ2n) is 9.58. The van der Waals surface area contributed by atoms with Crippen LogP contribution in [0.1, 0.15) is 76.2 Å². The first kappa shape index (κ1) is 24.4. The number of hydrogen-bond donors (Lipinski definition) is 2. The fraction of sp³-hybridized carbons (Fsp3) is 0.583. The van der Waals surface area contributed by atoms with E-state index >= 15 is 0 Å². The first-order valence-corrected chi connectivity index (χ1v) is 10.8. The fourth-order valence-corrected chi connectivity index (χ4v) is 3.62. The molecule has 0 unspecified atom stereocenters. The zero-order chi connectivity index (χ0) is 23.2. The van der Waals surface area contributed by atoms with Gasteiger partial charge in [0.25, 0.3) is 11.8 Å². The van der Waals surface area contributed by atoms with Gasteiger partial charge >= 0.3 is 5.97 Å². The van der Waals surface area contributed by atoms with Crippen molar-refractivity contribution in [2.75, 3.05) is 6.61 Å². The normalized spacial score (nSPS) is 16.3. The Morgan fingerprint density at radius 3 is 2.19 bits per heavy atom. The van der Waals surface area contributed by atoms with Gasteiger partial charge in [0, 0.05) is 5.56 Å². The molecule has 2 N–H and O–H groups in total. The topological polar surface area (TPSA) is 108 Å². The molecule has 0 saturated heterocycles. The van der Waals surface area contributed by atoms with Crippen LogP contribution in [0, 0.1) is 17.2 Å². The Balaban J connectivity index is 1.95. The van der Waals surface area contributed by atoms with Gasteiger partial charge in [-0.05, 0) is 54.7 Å². The predicted molar refractivity (Wildman–Crippen MR) is 117 cm³/mol. The van der Waals surface area contributed by atoms with E-state index in [0.717, 1.165) is 18.4 Å². The second-order valence-corrected chi connectivity index (χ2v) is 9.58. The van der Waals surface area contributed by atoms with Crippen molar-refractivity contribution < 1.29 is 19.1 Å². The van der Waals surface area contributed by atoms with Crippen molar-refractivity contribution in [1.29, 1.82) is 5.26 Å². The molecule has 1 fully saturated rings. The zero-order valence-corrected chi connectivity index (χ0v) is 19.1. The van der Waals surface area contributed by atoms with Crippen molar-refractivity contribution >= 4 is 17.8 Å². The third-order valence-electron chi connectivity index (χ3n) is 5.62. The Morgan fingerprint density at radius 2 is 1.71 bits per heavy atom. The third kappa shape index (κ3) is 6.55. The average molecular weight is 428 g/mol. The number of rotatable bonds is 7. The van der Waals surface area contributed by atoms with Gasteiger partial charge in [0.1, 0.15) is 11.6 Å². The maximum absolute atomic E-state index is 12.6. The van der Waals surface area contributed by atoms with Crippen LogP contribution in [0.2, 0.25) is 0 Å². The average Bonchev–Trinajstić information content (AvgIpc) is 3.18. The van der Waals surface area contributed by atoms with E-state index in [1.807, 2.05) is 12.1 Å². The maximum atomic E-state index is 12.6. The Hall–Kier alpha value is -2.88. The van der Waals surface area contributed by atoms with Gasteiger partial charge in [0.05, 0.1) is 6.07 Å². The summed E-state index contributed by atoms with van der Waals surface area (Å²) in [6.07, 6.45) is 2.96. The van der Waals surface area contributed by atoms with Crippen molar-refractivity contribution in [3.8, 4) is 6.07 Å². The first-order valence-electron chi connectivity index (χ1n) is 10.8. The summed E-state index contributed by atoms with van der Waals surface area (Å²) in [6, 6.07) is 8.54. The summed E-state index contributed by atoms with van der Waals surface area (Å²) < 4.78 is 5.15. The molecule has 7 heteroatoms. The van der Waals surface area contributed by atoms with E-state index in [1.165, 1.54) is 0 Å². The van der Waals surface area contributed by atoms with Gasteiger partial charge in [-0.2, -0.15) is 5.26 Å². The van der Waals surface area contributed by atoms with E-state index in [9.17, 15) is 19.6 Å². The molecule has 0 aromatic heterocycles. The summed E-state index contributed by atoms with van der Waals surface area (Å²) in [5, 5.41) is 14.7. The minimum Gasteiger partial charge on any atom is -0.454 e. The van der Waals surface area contributed by atoms with Crippen LogP contribution in [0.4, 0.5) is 0 Å². The molecule has 0 spiro atoms. The highest BCUT2D eigenvalue weighted by atomic mass is 16.5. The van der Waals surface area contributed by atoms with E-state index in [0.29, 0.717) is 18.4 Å². The lowest BCUT2D eigenvalue weighted by atomic mass is 9.86. The van der Waals surface area contributed by atoms with E-state index in [2.05, 4.69) is 37.5 Å². The number of nitrogens with zero attached hydrogens (tertiary/aromatic N) is 1. The summed E-state index contributed by atoms with van der Waals surface area (Å²) in [5.74, 6) is -1.80. The van der Waals surface area contributed by atoms with Gasteiger partial charge in [0.15, 0.2) is 6.61 Å². The van der Waals surface area contributed by atoms with Gasteiger partial charge in [-0.1, -0.05) is 46.8 Å². The minimum absolute atomic E-state index is 0.0253. The molecule has 7 nitrogen and oxygen atoms in total. The first-order chi connectivity index (χ1) is 14.5. The summed E-state index contributed by atoms with van der Waals surface area (Å²) in [4.78, 5) is 37.4.